The number of para-hydroxylation sites is 1. The molecule has 0 spiro atoms. The largest absolute Gasteiger partial charge is 0.490 e. The van der Waals surface area contributed by atoms with Crippen LogP contribution >= 0.6 is 15.9 Å². The van der Waals surface area contributed by atoms with Crippen molar-refractivity contribution in [1.82, 2.24) is 0 Å². The zero-order chi connectivity index (χ0) is 15.2. The molecule has 112 valence electrons. The molecule has 2 aromatic rings. The number of hydrogen-bond acceptors (Lipinski definition) is 2. The van der Waals surface area contributed by atoms with Crippen LogP contribution in [0.3, 0.4) is 0 Å². The van der Waals surface area contributed by atoms with Gasteiger partial charge in [-0.1, -0.05) is 34.1 Å². The van der Waals surface area contributed by atoms with Crippen LogP contribution in [0.4, 0.5) is 8.78 Å². The van der Waals surface area contributed by atoms with Crippen LogP contribution in [0.1, 0.15) is 18.1 Å². The third kappa shape index (κ3) is 3.94. The Bertz CT molecular complexity index is 617. The fraction of sp³-hybridized carbons (Fsp3) is 0.250. The molecule has 0 atom stereocenters. The maximum Gasteiger partial charge on any atom is 0.165 e. The molecular formula is C16H15BrF2O2. The minimum atomic E-state index is -0.880. The predicted molar refractivity (Wildman–Crippen MR) is 80.9 cm³/mol. The minimum absolute atomic E-state index is 0.140. The van der Waals surface area contributed by atoms with Gasteiger partial charge in [0, 0.05) is 10.9 Å². The van der Waals surface area contributed by atoms with Crippen molar-refractivity contribution in [3.8, 4) is 11.5 Å². The lowest BCUT2D eigenvalue weighted by Crippen LogP contribution is -2.02. The lowest BCUT2D eigenvalue weighted by molar-refractivity contribution is 0.267. The first kappa shape index (κ1) is 15.8. The zero-order valence-electron chi connectivity index (χ0n) is 11.5. The summed E-state index contributed by atoms with van der Waals surface area (Å²) in [7, 11) is 0. The third-order valence-electron chi connectivity index (χ3n) is 2.87. The van der Waals surface area contributed by atoms with Gasteiger partial charge in [-0.15, -0.1) is 0 Å². The van der Waals surface area contributed by atoms with Crippen molar-refractivity contribution in [1.29, 1.82) is 0 Å². The average Bonchev–Trinajstić information content (AvgIpc) is 2.49. The average molecular weight is 357 g/mol. The third-order valence-corrected chi connectivity index (χ3v) is 3.48. The van der Waals surface area contributed by atoms with Gasteiger partial charge in [0.15, 0.2) is 23.1 Å². The van der Waals surface area contributed by atoms with E-state index in [0.29, 0.717) is 29.0 Å². The molecule has 21 heavy (non-hydrogen) atoms. The van der Waals surface area contributed by atoms with Gasteiger partial charge < -0.3 is 9.47 Å². The van der Waals surface area contributed by atoms with Gasteiger partial charge in [0.1, 0.15) is 6.61 Å². The van der Waals surface area contributed by atoms with E-state index < -0.39 is 11.6 Å². The Morgan fingerprint density at radius 2 is 1.86 bits per heavy atom. The predicted octanol–water partition coefficient (Wildman–Crippen LogP) is 4.84. The van der Waals surface area contributed by atoms with Crippen LogP contribution in [0.25, 0.3) is 0 Å². The molecule has 2 aromatic carbocycles. The van der Waals surface area contributed by atoms with Crippen LogP contribution in [-0.4, -0.2) is 6.61 Å². The van der Waals surface area contributed by atoms with Crippen LogP contribution in [0.15, 0.2) is 36.4 Å². The highest BCUT2D eigenvalue weighted by atomic mass is 79.9. The second-order valence-corrected chi connectivity index (χ2v) is 4.91. The van der Waals surface area contributed by atoms with Crippen molar-refractivity contribution in [3.63, 3.8) is 0 Å². The Hall–Kier alpha value is -1.62. The molecule has 5 heteroatoms. The number of ether oxygens (including phenoxy) is 2. The van der Waals surface area contributed by atoms with Gasteiger partial charge >= 0.3 is 0 Å². The molecule has 0 aliphatic heterocycles. The number of halogens is 3. The second kappa shape index (κ2) is 7.41. The highest BCUT2D eigenvalue weighted by molar-refractivity contribution is 9.08. The molecule has 0 aliphatic rings. The Labute approximate surface area is 130 Å². The SMILES string of the molecule is CCOc1cccc(CBr)c1OCc1ccc(F)c(F)c1. The monoisotopic (exact) mass is 356 g/mol. The molecule has 0 N–H and O–H groups in total. The molecule has 0 fully saturated rings. The molecule has 0 bridgehead atoms. The summed E-state index contributed by atoms with van der Waals surface area (Å²) in [4.78, 5) is 0. The maximum absolute atomic E-state index is 13.2. The number of alkyl halides is 1. The summed E-state index contributed by atoms with van der Waals surface area (Å²) < 4.78 is 37.4. The van der Waals surface area contributed by atoms with Crippen molar-refractivity contribution in [2.24, 2.45) is 0 Å². The van der Waals surface area contributed by atoms with Gasteiger partial charge in [-0.05, 0) is 30.7 Å². The molecule has 0 heterocycles. The van der Waals surface area contributed by atoms with Gasteiger partial charge in [-0.2, -0.15) is 0 Å². The minimum Gasteiger partial charge on any atom is -0.490 e. The van der Waals surface area contributed by atoms with E-state index >= 15 is 0 Å². The first-order chi connectivity index (χ1) is 10.2. The number of rotatable bonds is 6. The van der Waals surface area contributed by atoms with E-state index in [1.54, 1.807) is 0 Å². The standard InChI is InChI=1S/C16H15BrF2O2/c1-2-20-15-5-3-4-12(9-17)16(15)21-10-11-6-7-13(18)14(19)8-11/h3-8H,2,9-10H2,1H3. The van der Waals surface area contributed by atoms with Crippen molar-refractivity contribution >= 4 is 15.9 Å². The van der Waals surface area contributed by atoms with E-state index in [0.717, 1.165) is 17.7 Å². The van der Waals surface area contributed by atoms with Gasteiger partial charge in [-0.3, -0.25) is 0 Å². The summed E-state index contributed by atoms with van der Waals surface area (Å²) in [6.45, 7) is 2.55. The van der Waals surface area contributed by atoms with Crippen LogP contribution in [0, 0.1) is 11.6 Å². The fourth-order valence-corrected chi connectivity index (χ4v) is 2.33. The molecule has 0 aliphatic carbocycles. The summed E-state index contributed by atoms with van der Waals surface area (Å²) in [5.74, 6) is -0.498. The Morgan fingerprint density at radius 1 is 1.05 bits per heavy atom. The molecule has 0 saturated heterocycles. The van der Waals surface area contributed by atoms with Crippen molar-refractivity contribution < 1.29 is 18.3 Å². The Balaban J connectivity index is 2.20. The maximum atomic E-state index is 13.2. The molecular weight excluding hydrogens is 342 g/mol. The van der Waals surface area contributed by atoms with E-state index in [-0.39, 0.29) is 6.61 Å². The summed E-state index contributed by atoms with van der Waals surface area (Å²) in [5, 5.41) is 0.612. The molecule has 0 amide bonds. The summed E-state index contributed by atoms with van der Waals surface area (Å²) in [6, 6.07) is 9.33. The van der Waals surface area contributed by atoms with E-state index in [1.807, 2.05) is 25.1 Å². The van der Waals surface area contributed by atoms with E-state index in [9.17, 15) is 8.78 Å². The molecule has 0 aromatic heterocycles. The lowest BCUT2D eigenvalue weighted by Gasteiger charge is -2.15. The highest BCUT2D eigenvalue weighted by Gasteiger charge is 2.11. The topological polar surface area (TPSA) is 18.5 Å². The first-order valence-electron chi connectivity index (χ1n) is 6.53. The van der Waals surface area contributed by atoms with Crippen LogP contribution in [-0.2, 0) is 11.9 Å². The van der Waals surface area contributed by atoms with Gasteiger partial charge in [0.05, 0.1) is 6.61 Å². The quantitative estimate of drug-likeness (QED) is 0.689. The number of hydrogen-bond donors (Lipinski definition) is 0. The lowest BCUT2D eigenvalue weighted by atomic mass is 10.2. The summed E-state index contributed by atoms with van der Waals surface area (Å²) >= 11 is 3.40. The van der Waals surface area contributed by atoms with Crippen molar-refractivity contribution in [2.75, 3.05) is 6.61 Å². The zero-order valence-corrected chi connectivity index (χ0v) is 13.1. The van der Waals surface area contributed by atoms with Crippen molar-refractivity contribution in [2.45, 2.75) is 18.9 Å². The molecule has 0 radical (unpaired) electrons. The summed E-state index contributed by atoms with van der Waals surface area (Å²) in [5.41, 5.74) is 1.49. The summed E-state index contributed by atoms with van der Waals surface area (Å²) in [6.07, 6.45) is 0. The first-order valence-corrected chi connectivity index (χ1v) is 7.65. The number of benzene rings is 2. The molecule has 2 nitrogen and oxygen atoms in total. The normalized spacial score (nSPS) is 10.5. The highest BCUT2D eigenvalue weighted by Crippen LogP contribution is 2.33. The van der Waals surface area contributed by atoms with Crippen LogP contribution < -0.4 is 9.47 Å². The van der Waals surface area contributed by atoms with Crippen LogP contribution in [0.5, 0.6) is 11.5 Å². The molecule has 0 unspecified atom stereocenters. The molecule has 2 rings (SSSR count). The van der Waals surface area contributed by atoms with Crippen molar-refractivity contribution in [3.05, 3.63) is 59.2 Å². The van der Waals surface area contributed by atoms with Gasteiger partial charge in [0.2, 0.25) is 0 Å². The fourth-order valence-electron chi connectivity index (χ4n) is 1.88. The molecule has 0 saturated carbocycles. The van der Waals surface area contributed by atoms with Crippen LogP contribution in [0.2, 0.25) is 0 Å². The van der Waals surface area contributed by atoms with Gasteiger partial charge in [0.25, 0.3) is 0 Å². The second-order valence-electron chi connectivity index (χ2n) is 4.35. The smallest absolute Gasteiger partial charge is 0.165 e. The van der Waals surface area contributed by atoms with E-state index in [2.05, 4.69) is 15.9 Å². The Morgan fingerprint density at radius 3 is 2.52 bits per heavy atom. The van der Waals surface area contributed by atoms with E-state index in [1.165, 1.54) is 6.07 Å². The Kier molecular flexibility index (Phi) is 5.56. The van der Waals surface area contributed by atoms with E-state index in [4.69, 9.17) is 9.47 Å². The van der Waals surface area contributed by atoms with Gasteiger partial charge in [-0.25, -0.2) is 8.78 Å².